The topological polar surface area (TPSA) is 30.7 Å². The number of rotatable bonds is 4. The van der Waals surface area contributed by atoms with Crippen LogP contribution in [0.1, 0.15) is 28.8 Å². The Morgan fingerprint density at radius 2 is 2.14 bits per heavy atom. The predicted octanol–water partition coefficient (Wildman–Crippen LogP) is 5.00. The van der Waals surface area contributed by atoms with Gasteiger partial charge in [-0.25, -0.2) is 9.97 Å². The van der Waals surface area contributed by atoms with E-state index in [0.717, 1.165) is 40.5 Å². The molecule has 2 aromatic heterocycles. The van der Waals surface area contributed by atoms with Crippen LogP contribution in [0, 0.1) is 6.92 Å². The van der Waals surface area contributed by atoms with Crippen LogP contribution in [-0.2, 0) is 13.0 Å². The molecule has 110 valence electrons. The first-order chi connectivity index (χ1) is 10.0. The smallest absolute Gasteiger partial charge is 0.127 e. The molecular formula is C15H15Cl2N3S. The second-order valence-electron chi connectivity index (χ2n) is 4.98. The van der Waals surface area contributed by atoms with E-state index in [1.54, 1.807) is 11.3 Å². The first kappa shape index (κ1) is 14.8. The monoisotopic (exact) mass is 339 g/mol. The van der Waals surface area contributed by atoms with Crippen LogP contribution >= 0.6 is 34.5 Å². The van der Waals surface area contributed by atoms with Crippen LogP contribution in [0.3, 0.4) is 0 Å². The van der Waals surface area contributed by atoms with Crippen LogP contribution in [0.4, 0.5) is 0 Å². The number of hydrogen-bond acceptors (Lipinski definition) is 3. The minimum absolute atomic E-state index is 0.145. The van der Waals surface area contributed by atoms with Gasteiger partial charge in [-0.1, -0.05) is 11.6 Å². The molecule has 0 fully saturated rings. The van der Waals surface area contributed by atoms with Crippen molar-refractivity contribution in [2.45, 2.75) is 32.2 Å². The molecule has 0 saturated carbocycles. The lowest BCUT2D eigenvalue weighted by molar-refractivity contribution is 0.661. The summed E-state index contributed by atoms with van der Waals surface area (Å²) in [7, 11) is 0. The standard InChI is InChI=1S/C15H15Cl2N3S/c1-9(16)15-19-13-7-11(17)3-4-14(13)20(15)6-5-12-8-21-10(2)18-12/h3-4,7-9H,5-6H2,1-2H3. The van der Waals surface area contributed by atoms with Crippen LogP contribution in [-0.4, -0.2) is 14.5 Å². The number of hydrogen-bond donors (Lipinski definition) is 0. The average Bonchev–Trinajstić information content (AvgIpc) is 2.99. The molecule has 3 rings (SSSR count). The quantitative estimate of drug-likeness (QED) is 0.626. The Labute approximate surface area is 137 Å². The Kier molecular flexibility index (Phi) is 4.20. The first-order valence-electron chi connectivity index (χ1n) is 6.75. The normalized spacial score (nSPS) is 13.0. The van der Waals surface area contributed by atoms with Crippen molar-refractivity contribution in [3.05, 3.63) is 45.1 Å². The molecule has 0 aliphatic rings. The van der Waals surface area contributed by atoms with E-state index in [9.17, 15) is 0 Å². The molecule has 3 aromatic rings. The zero-order valence-corrected chi connectivity index (χ0v) is 14.1. The molecule has 1 unspecified atom stereocenters. The van der Waals surface area contributed by atoms with Crippen LogP contribution < -0.4 is 0 Å². The average molecular weight is 340 g/mol. The second kappa shape index (κ2) is 5.95. The van der Waals surface area contributed by atoms with Gasteiger partial charge in [0, 0.05) is 23.4 Å². The SMILES string of the molecule is Cc1nc(CCn2c(C(C)Cl)nc3cc(Cl)ccc32)cs1. The lowest BCUT2D eigenvalue weighted by atomic mass is 10.3. The highest BCUT2D eigenvalue weighted by atomic mass is 35.5. The molecule has 0 bridgehead atoms. The van der Waals surface area contributed by atoms with Crippen molar-refractivity contribution in [1.82, 2.24) is 14.5 Å². The van der Waals surface area contributed by atoms with Crippen molar-refractivity contribution in [3.8, 4) is 0 Å². The third-order valence-corrected chi connectivity index (χ3v) is 4.61. The molecule has 3 nitrogen and oxygen atoms in total. The van der Waals surface area contributed by atoms with E-state index in [-0.39, 0.29) is 5.38 Å². The highest BCUT2D eigenvalue weighted by Gasteiger charge is 2.15. The molecule has 0 saturated heterocycles. The minimum Gasteiger partial charge on any atom is -0.326 e. The zero-order valence-electron chi connectivity index (χ0n) is 11.8. The summed E-state index contributed by atoms with van der Waals surface area (Å²) < 4.78 is 2.16. The number of halogens is 2. The first-order valence-corrected chi connectivity index (χ1v) is 8.45. The Bertz CT molecular complexity index is 776. The number of imidazole rings is 1. The van der Waals surface area contributed by atoms with Gasteiger partial charge >= 0.3 is 0 Å². The molecule has 0 aliphatic carbocycles. The molecule has 0 radical (unpaired) electrons. The summed E-state index contributed by atoms with van der Waals surface area (Å²) in [5, 5.41) is 3.75. The van der Waals surface area contributed by atoms with E-state index >= 15 is 0 Å². The van der Waals surface area contributed by atoms with Gasteiger partial charge in [0.05, 0.1) is 27.1 Å². The van der Waals surface area contributed by atoms with Crippen molar-refractivity contribution in [2.75, 3.05) is 0 Å². The van der Waals surface area contributed by atoms with Gasteiger partial charge in [-0.2, -0.15) is 0 Å². The summed E-state index contributed by atoms with van der Waals surface area (Å²) in [6.45, 7) is 4.77. The summed E-state index contributed by atoms with van der Waals surface area (Å²) in [5.41, 5.74) is 3.06. The van der Waals surface area contributed by atoms with Crippen molar-refractivity contribution < 1.29 is 0 Å². The Balaban J connectivity index is 1.97. The highest BCUT2D eigenvalue weighted by Crippen LogP contribution is 2.27. The Hall–Kier alpha value is -1.10. The predicted molar refractivity (Wildman–Crippen MR) is 89.6 cm³/mol. The number of alkyl halides is 1. The molecule has 0 amide bonds. The van der Waals surface area contributed by atoms with Gasteiger partial charge in [0.1, 0.15) is 5.82 Å². The zero-order chi connectivity index (χ0) is 15.0. The van der Waals surface area contributed by atoms with E-state index in [0.29, 0.717) is 5.02 Å². The molecule has 2 heterocycles. The van der Waals surface area contributed by atoms with Gasteiger partial charge in [-0.15, -0.1) is 22.9 Å². The molecule has 1 aromatic carbocycles. The summed E-state index contributed by atoms with van der Waals surface area (Å²) in [6, 6.07) is 5.76. The second-order valence-corrected chi connectivity index (χ2v) is 7.13. The molecular weight excluding hydrogens is 325 g/mol. The number of aromatic nitrogens is 3. The van der Waals surface area contributed by atoms with E-state index in [1.807, 2.05) is 32.0 Å². The minimum atomic E-state index is -0.145. The summed E-state index contributed by atoms with van der Waals surface area (Å²) in [4.78, 5) is 9.13. The van der Waals surface area contributed by atoms with E-state index in [4.69, 9.17) is 23.2 Å². The van der Waals surface area contributed by atoms with E-state index < -0.39 is 0 Å². The highest BCUT2D eigenvalue weighted by molar-refractivity contribution is 7.09. The molecule has 6 heteroatoms. The molecule has 21 heavy (non-hydrogen) atoms. The van der Waals surface area contributed by atoms with Crippen LogP contribution in [0.5, 0.6) is 0 Å². The molecule has 0 N–H and O–H groups in total. The van der Waals surface area contributed by atoms with Crippen molar-refractivity contribution in [3.63, 3.8) is 0 Å². The molecule has 0 aliphatic heterocycles. The number of nitrogens with zero attached hydrogens (tertiary/aromatic N) is 3. The molecule has 1 atom stereocenters. The Morgan fingerprint density at radius 1 is 1.33 bits per heavy atom. The number of aryl methyl sites for hydroxylation is 3. The van der Waals surface area contributed by atoms with Gasteiger partial charge in [0.25, 0.3) is 0 Å². The van der Waals surface area contributed by atoms with Gasteiger partial charge in [0.15, 0.2) is 0 Å². The molecule has 0 spiro atoms. The van der Waals surface area contributed by atoms with Crippen LogP contribution in [0.15, 0.2) is 23.6 Å². The maximum absolute atomic E-state index is 6.28. The lowest BCUT2D eigenvalue weighted by Crippen LogP contribution is -2.07. The lowest BCUT2D eigenvalue weighted by Gasteiger charge is -2.09. The fraction of sp³-hybridized carbons (Fsp3) is 0.333. The van der Waals surface area contributed by atoms with Gasteiger partial charge in [-0.3, -0.25) is 0 Å². The number of thiazole rings is 1. The largest absolute Gasteiger partial charge is 0.326 e. The maximum Gasteiger partial charge on any atom is 0.127 e. The maximum atomic E-state index is 6.28. The number of fused-ring (bicyclic) bond motifs is 1. The fourth-order valence-electron chi connectivity index (χ4n) is 2.41. The Morgan fingerprint density at radius 3 is 2.81 bits per heavy atom. The van der Waals surface area contributed by atoms with E-state index in [2.05, 4.69) is 19.9 Å². The third-order valence-electron chi connectivity index (χ3n) is 3.35. The summed E-state index contributed by atoms with van der Waals surface area (Å²) in [6.07, 6.45) is 0.870. The van der Waals surface area contributed by atoms with Crippen molar-refractivity contribution in [1.29, 1.82) is 0 Å². The van der Waals surface area contributed by atoms with Crippen molar-refractivity contribution >= 4 is 45.6 Å². The van der Waals surface area contributed by atoms with E-state index in [1.165, 1.54) is 0 Å². The fourth-order valence-corrected chi connectivity index (χ4v) is 3.39. The summed E-state index contributed by atoms with van der Waals surface area (Å²) in [5.74, 6) is 0.876. The van der Waals surface area contributed by atoms with Gasteiger partial charge < -0.3 is 4.57 Å². The van der Waals surface area contributed by atoms with Gasteiger partial charge in [0.2, 0.25) is 0 Å². The number of benzene rings is 1. The van der Waals surface area contributed by atoms with Gasteiger partial charge in [-0.05, 0) is 32.0 Å². The van der Waals surface area contributed by atoms with Crippen LogP contribution in [0.2, 0.25) is 5.02 Å². The van der Waals surface area contributed by atoms with Crippen LogP contribution in [0.25, 0.3) is 11.0 Å². The summed E-state index contributed by atoms with van der Waals surface area (Å²) >= 11 is 14.0. The third kappa shape index (κ3) is 3.07. The van der Waals surface area contributed by atoms with Crippen molar-refractivity contribution in [2.24, 2.45) is 0 Å².